The van der Waals surface area contributed by atoms with Crippen molar-refractivity contribution in [2.24, 2.45) is 5.92 Å². The highest BCUT2D eigenvalue weighted by molar-refractivity contribution is 9.10. The van der Waals surface area contributed by atoms with Crippen LogP contribution < -0.4 is 0 Å². The van der Waals surface area contributed by atoms with Gasteiger partial charge in [0.1, 0.15) is 0 Å². The van der Waals surface area contributed by atoms with E-state index in [2.05, 4.69) is 28.0 Å². The number of aliphatic hydroxyl groups is 1. The summed E-state index contributed by atoms with van der Waals surface area (Å²) in [6.07, 6.45) is 3.56. The van der Waals surface area contributed by atoms with Gasteiger partial charge in [0.2, 0.25) is 0 Å². The summed E-state index contributed by atoms with van der Waals surface area (Å²) in [4.78, 5) is 0. The predicted octanol–water partition coefficient (Wildman–Crippen LogP) is 2.17. The van der Waals surface area contributed by atoms with Crippen LogP contribution >= 0.6 is 15.9 Å². The first kappa shape index (κ1) is 13.1. The van der Waals surface area contributed by atoms with Crippen molar-refractivity contribution < 1.29 is 9.84 Å². The maximum Gasteiger partial charge on any atom is 0.0658 e. The first-order valence-electron chi connectivity index (χ1n) is 6.03. The molecular weight excluding hydrogens is 284 g/mol. The Morgan fingerprint density at radius 3 is 2.94 bits per heavy atom. The normalized spacial score (nSPS) is 28.8. The van der Waals surface area contributed by atoms with Crippen LogP contribution in [0, 0.1) is 5.92 Å². The number of methoxy groups -OCH3 is 1. The number of hydrogen-bond acceptors (Lipinski definition) is 3. The minimum absolute atomic E-state index is 0.183. The number of ether oxygens (including phenoxy) is 1. The highest BCUT2D eigenvalue weighted by Gasteiger charge is 2.35. The minimum Gasteiger partial charge on any atom is -0.393 e. The second-order valence-corrected chi connectivity index (χ2v) is 5.56. The molecule has 0 radical (unpaired) electrons. The molecule has 1 heterocycles. The van der Waals surface area contributed by atoms with Crippen LogP contribution in [-0.4, -0.2) is 34.7 Å². The zero-order chi connectivity index (χ0) is 12.4. The maximum absolute atomic E-state index is 9.86. The van der Waals surface area contributed by atoms with Crippen molar-refractivity contribution in [2.75, 3.05) is 13.7 Å². The molecule has 1 N–H and O–H groups in total. The fraction of sp³-hybridized carbons (Fsp3) is 0.750. The molecule has 1 saturated carbocycles. The number of rotatable bonds is 4. The summed E-state index contributed by atoms with van der Waals surface area (Å²) in [7, 11) is 1.69. The van der Waals surface area contributed by atoms with Crippen LogP contribution in [0.4, 0.5) is 0 Å². The Morgan fingerprint density at radius 2 is 2.35 bits per heavy atom. The van der Waals surface area contributed by atoms with Gasteiger partial charge < -0.3 is 9.84 Å². The van der Waals surface area contributed by atoms with Crippen molar-refractivity contribution in [1.29, 1.82) is 0 Å². The largest absolute Gasteiger partial charge is 0.393 e. The van der Waals surface area contributed by atoms with Crippen molar-refractivity contribution in [2.45, 2.75) is 38.3 Å². The maximum atomic E-state index is 9.86. The molecule has 1 aliphatic carbocycles. The summed E-state index contributed by atoms with van der Waals surface area (Å²) < 4.78 is 8.13. The van der Waals surface area contributed by atoms with Crippen molar-refractivity contribution >= 4 is 15.9 Å². The molecular formula is C12H19BrN2O2. The summed E-state index contributed by atoms with van der Waals surface area (Å²) in [5.74, 6) is 0.683. The second kappa shape index (κ2) is 5.50. The van der Waals surface area contributed by atoms with Crippen LogP contribution in [0.25, 0.3) is 0 Å². The van der Waals surface area contributed by atoms with E-state index in [4.69, 9.17) is 4.74 Å². The lowest BCUT2D eigenvalue weighted by Gasteiger charge is -2.19. The van der Waals surface area contributed by atoms with Gasteiger partial charge in [0.15, 0.2) is 0 Å². The Balaban J connectivity index is 2.21. The van der Waals surface area contributed by atoms with Gasteiger partial charge in [-0.05, 0) is 34.7 Å². The van der Waals surface area contributed by atoms with E-state index in [-0.39, 0.29) is 6.10 Å². The quantitative estimate of drug-likeness (QED) is 0.927. The molecule has 0 spiro atoms. The molecule has 17 heavy (non-hydrogen) atoms. The minimum atomic E-state index is -0.183. The van der Waals surface area contributed by atoms with Crippen molar-refractivity contribution in [1.82, 2.24) is 9.78 Å². The van der Waals surface area contributed by atoms with Gasteiger partial charge >= 0.3 is 0 Å². The predicted molar refractivity (Wildman–Crippen MR) is 68.9 cm³/mol. The Kier molecular flexibility index (Phi) is 4.22. The molecule has 1 aromatic rings. The van der Waals surface area contributed by atoms with E-state index in [0.717, 1.165) is 23.9 Å². The first-order chi connectivity index (χ1) is 8.15. The first-order valence-corrected chi connectivity index (χ1v) is 6.82. The van der Waals surface area contributed by atoms with E-state index in [1.807, 2.05) is 10.9 Å². The average molecular weight is 303 g/mol. The van der Waals surface area contributed by atoms with E-state index in [1.165, 1.54) is 5.69 Å². The Bertz CT molecular complexity index is 381. The van der Waals surface area contributed by atoms with E-state index in [9.17, 15) is 5.11 Å². The molecule has 3 atom stereocenters. The van der Waals surface area contributed by atoms with Crippen LogP contribution in [0.3, 0.4) is 0 Å². The number of hydrogen-bond donors (Lipinski definition) is 1. The molecule has 1 aromatic heterocycles. The molecule has 1 aliphatic rings. The summed E-state index contributed by atoms with van der Waals surface area (Å²) in [5, 5.41) is 14.2. The van der Waals surface area contributed by atoms with E-state index < -0.39 is 0 Å². The van der Waals surface area contributed by atoms with Crippen LogP contribution in [0.2, 0.25) is 0 Å². The molecule has 0 aromatic carbocycles. The van der Waals surface area contributed by atoms with E-state index >= 15 is 0 Å². The standard InChI is InChI=1S/C12H19BrN2O2/c1-8-9(3-4-11(8)16)12-10(13)7-14-15(12)5-6-17-2/h7-9,11,16H,3-6H2,1-2H3. The molecule has 96 valence electrons. The SMILES string of the molecule is COCCn1ncc(Br)c1C1CCC(O)C1C. The Labute approximate surface area is 110 Å². The third kappa shape index (κ3) is 2.56. The summed E-state index contributed by atoms with van der Waals surface area (Å²) in [6, 6.07) is 0. The molecule has 2 rings (SSSR count). The fourth-order valence-corrected chi connectivity index (χ4v) is 3.22. The average Bonchev–Trinajstić information content (AvgIpc) is 2.82. The Morgan fingerprint density at radius 1 is 1.59 bits per heavy atom. The Hall–Kier alpha value is -0.390. The highest BCUT2D eigenvalue weighted by atomic mass is 79.9. The molecule has 4 nitrogen and oxygen atoms in total. The van der Waals surface area contributed by atoms with Crippen molar-refractivity contribution in [3.05, 3.63) is 16.4 Å². The lowest BCUT2D eigenvalue weighted by molar-refractivity contribution is 0.135. The van der Waals surface area contributed by atoms with Crippen LogP contribution in [0.15, 0.2) is 10.7 Å². The zero-order valence-corrected chi connectivity index (χ0v) is 11.9. The molecule has 0 saturated heterocycles. The van der Waals surface area contributed by atoms with Gasteiger partial charge in [0.25, 0.3) is 0 Å². The lowest BCUT2D eigenvalue weighted by Crippen LogP contribution is -2.18. The van der Waals surface area contributed by atoms with Gasteiger partial charge in [0, 0.05) is 13.0 Å². The molecule has 0 bridgehead atoms. The van der Waals surface area contributed by atoms with Crippen LogP contribution in [-0.2, 0) is 11.3 Å². The number of aromatic nitrogens is 2. The van der Waals surface area contributed by atoms with Crippen molar-refractivity contribution in [3.8, 4) is 0 Å². The highest BCUT2D eigenvalue weighted by Crippen LogP contribution is 2.41. The van der Waals surface area contributed by atoms with Gasteiger partial charge in [-0.2, -0.15) is 5.10 Å². The fourth-order valence-electron chi connectivity index (χ4n) is 2.63. The molecule has 0 aliphatic heterocycles. The third-order valence-electron chi connectivity index (χ3n) is 3.71. The van der Waals surface area contributed by atoms with E-state index in [1.54, 1.807) is 7.11 Å². The monoisotopic (exact) mass is 302 g/mol. The number of halogens is 1. The number of nitrogens with zero attached hydrogens (tertiary/aromatic N) is 2. The summed E-state index contributed by atoms with van der Waals surface area (Å²) >= 11 is 3.56. The van der Waals surface area contributed by atoms with Gasteiger partial charge in [0.05, 0.1) is 35.6 Å². The van der Waals surface area contributed by atoms with Gasteiger partial charge in [-0.25, -0.2) is 0 Å². The smallest absolute Gasteiger partial charge is 0.0658 e. The third-order valence-corrected chi connectivity index (χ3v) is 4.32. The number of aliphatic hydroxyl groups excluding tert-OH is 1. The second-order valence-electron chi connectivity index (χ2n) is 4.70. The summed E-state index contributed by atoms with van der Waals surface area (Å²) in [6.45, 7) is 3.53. The molecule has 1 fully saturated rings. The van der Waals surface area contributed by atoms with Crippen LogP contribution in [0.5, 0.6) is 0 Å². The topological polar surface area (TPSA) is 47.3 Å². The van der Waals surface area contributed by atoms with Crippen molar-refractivity contribution in [3.63, 3.8) is 0 Å². The molecule has 0 amide bonds. The summed E-state index contributed by atoms with van der Waals surface area (Å²) in [5.41, 5.74) is 1.20. The lowest BCUT2D eigenvalue weighted by atomic mass is 9.93. The van der Waals surface area contributed by atoms with Gasteiger partial charge in [-0.3, -0.25) is 4.68 Å². The van der Waals surface area contributed by atoms with Gasteiger partial charge in [-0.15, -0.1) is 0 Å². The zero-order valence-electron chi connectivity index (χ0n) is 10.3. The molecule has 5 heteroatoms. The van der Waals surface area contributed by atoms with Gasteiger partial charge in [-0.1, -0.05) is 6.92 Å². The van der Waals surface area contributed by atoms with E-state index in [0.29, 0.717) is 18.4 Å². The molecule has 3 unspecified atom stereocenters. The van der Waals surface area contributed by atoms with Crippen LogP contribution in [0.1, 0.15) is 31.4 Å².